The third-order valence-corrected chi connectivity index (χ3v) is 5.82. The molecule has 0 spiro atoms. The number of carbonyl (C=O) groups is 2. The summed E-state index contributed by atoms with van der Waals surface area (Å²) in [6.07, 6.45) is 8.01. The summed E-state index contributed by atoms with van der Waals surface area (Å²) in [7, 11) is 0. The lowest BCUT2D eigenvalue weighted by molar-refractivity contribution is -0.122. The molecule has 1 aliphatic carbocycles. The highest BCUT2D eigenvalue weighted by Crippen LogP contribution is 2.33. The third kappa shape index (κ3) is 3.52. The quantitative estimate of drug-likeness (QED) is 0.713. The van der Waals surface area contributed by atoms with Gasteiger partial charge in [-0.05, 0) is 43.4 Å². The van der Waals surface area contributed by atoms with Crippen LogP contribution < -0.4 is 16.0 Å². The molecule has 1 saturated heterocycles. The van der Waals surface area contributed by atoms with Crippen molar-refractivity contribution in [2.45, 2.75) is 31.3 Å². The van der Waals surface area contributed by atoms with Gasteiger partial charge in [0.1, 0.15) is 23.5 Å². The van der Waals surface area contributed by atoms with Crippen LogP contribution in [-0.4, -0.2) is 58.4 Å². The number of hydrogen-bond donors (Lipinski definition) is 3. The maximum Gasteiger partial charge on any atom is 0.328 e. The number of dihydropyridines is 1. The highest BCUT2D eigenvalue weighted by molar-refractivity contribution is 5.91. The molecule has 1 saturated carbocycles. The lowest BCUT2D eigenvalue weighted by Gasteiger charge is -2.40. The number of carbonyl (C=O) groups excluding carboxylic acids is 2. The van der Waals surface area contributed by atoms with Crippen LogP contribution in [-0.2, 0) is 4.79 Å². The molecule has 3 aliphatic heterocycles. The van der Waals surface area contributed by atoms with Gasteiger partial charge < -0.3 is 15.5 Å². The zero-order valence-electron chi connectivity index (χ0n) is 15.9. The van der Waals surface area contributed by atoms with Gasteiger partial charge in [-0.3, -0.25) is 15.0 Å². The van der Waals surface area contributed by atoms with Crippen LogP contribution in [0.4, 0.5) is 15.0 Å². The Morgan fingerprint density at radius 3 is 2.90 bits per heavy atom. The number of aromatic nitrogens is 1. The second-order valence-corrected chi connectivity index (χ2v) is 7.95. The molecular weight excluding hydrogens is 375 g/mol. The minimum Gasteiger partial charge on any atom is -0.366 e. The van der Waals surface area contributed by atoms with E-state index in [-0.39, 0.29) is 23.8 Å². The Morgan fingerprint density at radius 1 is 1.28 bits per heavy atom. The number of nitrogens with one attached hydrogen (secondary N) is 3. The van der Waals surface area contributed by atoms with Gasteiger partial charge >= 0.3 is 6.03 Å². The fraction of sp³-hybridized carbons (Fsp3) is 0.450. The van der Waals surface area contributed by atoms with Gasteiger partial charge in [0.2, 0.25) is 5.91 Å². The average molecular weight is 398 g/mol. The van der Waals surface area contributed by atoms with Gasteiger partial charge in [0.25, 0.3) is 0 Å². The van der Waals surface area contributed by atoms with E-state index in [0.29, 0.717) is 18.3 Å². The van der Waals surface area contributed by atoms with E-state index in [1.54, 1.807) is 4.90 Å². The number of pyridine rings is 1. The first-order chi connectivity index (χ1) is 14.1. The van der Waals surface area contributed by atoms with E-state index in [0.717, 1.165) is 31.4 Å². The number of fused-ring (bicyclic) bond motifs is 3. The summed E-state index contributed by atoms with van der Waals surface area (Å²) in [5.74, 6) is 0.963. The van der Waals surface area contributed by atoms with Crippen molar-refractivity contribution in [3.63, 3.8) is 0 Å². The van der Waals surface area contributed by atoms with Crippen LogP contribution in [0.2, 0.25) is 0 Å². The smallest absolute Gasteiger partial charge is 0.328 e. The number of rotatable bonds is 4. The number of anilines is 1. The molecule has 1 aromatic heterocycles. The number of nitrogens with zero attached hydrogens (tertiary/aromatic N) is 3. The maximum atomic E-state index is 13.1. The molecule has 8 nitrogen and oxygen atoms in total. The summed E-state index contributed by atoms with van der Waals surface area (Å²) in [5.41, 5.74) is 0.909. The topological polar surface area (TPSA) is 89.6 Å². The maximum absolute atomic E-state index is 13.1. The summed E-state index contributed by atoms with van der Waals surface area (Å²) in [6, 6.07) is 1.82. The Labute approximate surface area is 167 Å². The minimum atomic E-state index is -0.523. The predicted molar refractivity (Wildman–Crippen MR) is 104 cm³/mol. The lowest BCUT2D eigenvalue weighted by Crippen LogP contribution is -2.56. The first-order valence-electron chi connectivity index (χ1n) is 10.0. The summed E-state index contributed by atoms with van der Waals surface area (Å²) in [6.45, 7) is 2.30. The largest absolute Gasteiger partial charge is 0.366 e. The van der Waals surface area contributed by atoms with Gasteiger partial charge in [0, 0.05) is 19.6 Å². The average Bonchev–Trinajstić information content (AvgIpc) is 3.47. The van der Waals surface area contributed by atoms with Gasteiger partial charge in [-0.25, -0.2) is 14.2 Å². The van der Waals surface area contributed by atoms with E-state index < -0.39 is 11.9 Å². The van der Waals surface area contributed by atoms with Gasteiger partial charge in [0.05, 0.1) is 17.9 Å². The van der Waals surface area contributed by atoms with Gasteiger partial charge in [0.15, 0.2) is 0 Å². The summed E-state index contributed by atoms with van der Waals surface area (Å²) >= 11 is 0. The van der Waals surface area contributed by atoms with Crippen LogP contribution in [0.3, 0.4) is 0 Å². The number of halogens is 1. The van der Waals surface area contributed by atoms with Crippen molar-refractivity contribution >= 4 is 17.8 Å². The second kappa shape index (κ2) is 7.06. The predicted octanol–water partition coefficient (Wildman–Crippen LogP) is 1.37. The number of allylic oxidation sites excluding steroid dienone is 1. The molecule has 1 aromatic rings. The van der Waals surface area contributed by atoms with Crippen molar-refractivity contribution in [3.05, 3.63) is 47.8 Å². The summed E-state index contributed by atoms with van der Waals surface area (Å²) < 4.78 is 13.1. The molecule has 0 aromatic carbocycles. The molecule has 2 bridgehead atoms. The minimum absolute atomic E-state index is 0.00312. The molecule has 152 valence electrons. The van der Waals surface area contributed by atoms with Crippen LogP contribution in [0, 0.1) is 11.7 Å². The normalized spacial score (nSPS) is 24.9. The highest BCUT2D eigenvalue weighted by atomic mass is 19.1. The molecule has 2 atom stereocenters. The molecule has 3 amide bonds. The van der Waals surface area contributed by atoms with E-state index in [1.165, 1.54) is 25.0 Å². The summed E-state index contributed by atoms with van der Waals surface area (Å²) in [4.78, 5) is 33.4. The molecule has 5 rings (SSSR count). The van der Waals surface area contributed by atoms with Crippen LogP contribution in [0.1, 0.15) is 19.3 Å². The zero-order valence-corrected chi connectivity index (χ0v) is 15.9. The van der Waals surface area contributed by atoms with Crippen LogP contribution in [0.15, 0.2) is 42.0 Å². The first-order valence-corrected chi connectivity index (χ1v) is 10.0. The molecule has 2 fully saturated rings. The molecule has 4 aliphatic rings. The number of amides is 3. The number of hydrogen-bond acceptors (Lipinski definition) is 5. The fourth-order valence-electron chi connectivity index (χ4n) is 4.05. The lowest BCUT2D eigenvalue weighted by atomic mass is 10.1. The molecular formula is C20H23FN6O2. The monoisotopic (exact) mass is 398 g/mol. The van der Waals surface area contributed by atoms with Gasteiger partial charge in [-0.15, -0.1) is 0 Å². The fourth-order valence-corrected chi connectivity index (χ4v) is 4.05. The Hall–Kier alpha value is -3.10. The van der Waals surface area contributed by atoms with Gasteiger partial charge in [-0.2, -0.15) is 0 Å². The van der Waals surface area contributed by atoms with Crippen molar-refractivity contribution in [3.8, 4) is 0 Å². The first kappa shape index (κ1) is 18.0. The molecule has 1 unspecified atom stereocenters. The van der Waals surface area contributed by atoms with Gasteiger partial charge in [-0.1, -0.05) is 6.08 Å². The van der Waals surface area contributed by atoms with Crippen molar-refractivity contribution in [2.24, 2.45) is 5.92 Å². The molecule has 9 heteroatoms. The Bertz CT molecular complexity index is 895. The standard InChI is InChI=1S/C20H23FN6O2/c21-13-3-6-17(22-10-13)25-20(29)27-14-7-8-26(11-14)16-5-4-15(24-18(16)27)19(28)23-9-12-1-2-12/h3-6,10,12,14-15,24H,1-2,7-9,11H2,(H,23,28)(H,22,25,29)/t14-,15?/m0/s1. The Morgan fingerprint density at radius 2 is 2.14 bits per heavy atom. The zero-order chi connectivity index (χ0) is 20.0. The highest BCUT2D eigenvalue weighted by Gasteiger charge is 2.42. The van der Waals surface area contributed by atoms with E-state index >= 15 is 0 Å². The third-order valence-electron chi connectivity index (χ3n) is 5.82. The Balaban J connectivity index is 1.34. The number of urea groups is 1. The van der Waals surface area contributed by atoms with E-state index in [1.807, 2.05) is 12.2 Å². The van der Waals surface area contributed by atoms with Crippen molar-refractivity contribution in [1.29, 1.82) is 0 Å². The SMILES string of the molecule is O=C(NCC1CC1)C1C=CC2=C(N1)N(C(=O)Nc1ccc(F)cn1)[C@H]1CCN2C1. The molecule has 0 radical (unpaired) electrons. The van der Waals surface area contributed by atoms with Crippen LogP contribution in [0.5, 0.6) is 0 Å². The van der Waals surface area contributed by atoms with Crippen LogP contribution >= 0.6 is 0 Å². The van der Waals surface area contributed by atoms with Crippen molar-refractivity contribution < 1.29 is 14.0 Å². The van der Waals surface area contributed by atoms with E-state index in [2.05, 4.69) is 25.8 Å². The molecule has 3 N–H and O–H groups in total. The van der Waals surface area contributed by atoms with E-state index in [9.17, 15) is 14.0 Å². The Kier molecular flexibility index (Phi) is 4.37. The van der Waals surface area contributed by atoms with E-state index in [4.69, 9.17) is 0 Å². The second-order valence-electron chi connectivity index (χ2n) is 7.95. The molecule has 29 heavy (non-hydrogen) atoms. The van der Waals surface area contributed by atoms with Crippen LogP contribution in [0.25, 0.3) is 0 Å². The van der Waals surface area contributed by atoms with Crippen molar-refractivity contribution in [2.75, 3.05) is 25.0 Å². The van der Waals surface area contributed by atoms with Crippen molar-refractivity contribution in [1.82, 2.24) is 25.4 Å². The molecule has 4 heterocycles. The summed E-state index contributed by atoms with van der Waals surface area (Å²) in [5, 5.41) is 8.97.